The monoisotopic (exact) mass is 152 g/mol. The molecule has 2 heterocycles. The van der Waals surface area contributed by atoms with Crippen molar-refractivity contribution in [2.75, 3.05) is 6.54 Å². The first-order chi connectivity index (χ1) is 5.42. The van der Waals surface area contributed by atoms with E-state index in [-0.39, 0.29) is 0 Å². The maximum Gasteiger partial charge on any atom is 0.122 e. The zero-order valence-electron chi connectivity index (χ0n) is 6.38. The lowest BCUT2D eigenvalue weighted by atomic mass is 10.4. The Bertz CT molecular complexity index is 239. The van der Waals surface area contributed by atoms with Crippen LogP contribution in [-0.2, 0) is 19.6 Å². The van der Waals surface area contributed by atoms with Crippen molar-refractivity contribution in [3.05, 3.63) is 17.7 Å². The van der Waals surface area contributed by atoms with Crippen LogP contribution in [0.5, 0.6) is 0 Å². The Morgan fingerprint density at radius 1 is 1.73 bits per heavy atom. The Labute approximate surface area is 65.4 Å². The Kier molecular flexibility index (Phi) is 1.63. The Balaban J connectivity index is 2.38. The predicted octanol–water partition coefficient (Wildman–Crippen LogP) is -0.555. The van der Waals surface area contributed by atoms with Gasteiger partial charge in [-0.1, -0.05) is 0 Å². The summed E-state index contributed by atoms with van der Waals surface area (Å²) in [5, 5.41) is 3.25. The summed E-state index contributed by atoms with van der Waals surface area (Å²) in [5.41, 5.74) is 6.68. The second kappa shape index (κ2) is 2.64. The van der Waals surface area contributed by atoms with E-state index < -0.39 is 0 Å². The van der Waals surface area contributed by atoms with E-state index in [9.17, 15) is 0 Å². The third-order valence-electron chi connectivity index (χ3n) is 2.03. The van der Waals surface area contributed by atoms with Crippen LogP contribution in [0.15, 0.2) is 6.20 Å². The second-order valence-corrected chi connectivity index (χ2v) is 2.70. The molecule has 0 unspecified atom stereocenters. The van der Waals surface area contributed by atoms with E-state index in [1.165, 1.54) is 0 Å². The van der Waals surface area contributed by atoms with Gasteiger partial charge >= 0.3 is 0 Å². The van der Waals surface area contributed by atoms with E-state index in [1.807, 2.05) is 6.20 Å². The van der Waals surface area contributed by atoms with Gasteiger partial charge < -0.3 is 15.6 Å². The molecule has 0 spiro atoms. The molecular formula is C7H12N4. The fourth-order valence-corrected chi connectivity index (χ4v) is 1.42. The van der Waals surface area contributed by atoms with Crippen LogP contribution in [0.25, 0.3) is 0 Å². The van der Waals surface area contributed by atoms with Crippen molar-refractivity contribution < 1.29 is 0 Å². The standard InChI is InChI=1S/C7H12N4/c8-3-6-4-10-7-5-9-1-2-11(6)7/h4,9H,1-3,5,8H2. The molecule has 0 atom stereocenters. The molecular weight excluding hydrogens is 140 g/mol. The number of nitrogens with two attached hydrogens (primary N) is 1. The third kappa shape index (κ3) is 1.04. The number of imidazole rings is 1. The summed E-state index contributed by atoms with van der Waals surface area (Å²) in [4.78, 5) is 4.25. The molecule has 11 heavy (non-hydrogen) atoms. The SMILES string of the molecule is NCc1cnc2n1CCNC2. The normalized spacial score (nSPS) is 16.5. The first kappa shape index (κ1) is 6.82. The highest BCUT2D eigenvalue weighted by molar-refractivity contribution is 5.06. The van der Waals surface area contributed by atoms with Gasteiger partial charge in [0.25, 0.3) is 0 Å². The molecule has 0 bridgehead atoms. The van der Waals surface area contributed by atoms with Crippen LogP contribution in [0.4, 0.5) is 0 Å². The van der Waals surface area contributed by atoms with Gasteiger partial charge in [0.1, 0.15) is 5.82 Å². The lowest BCUT2D eigenvalue weighted by Gasteiger charge is -2.16. The molecule has 0 radical (unpaired) electrons. The Morgan fingerprint density at radius 3 is 3.45 bits per heavy atom. The zero-order chi connectivity index (χ0) is 7.68. The minimum absolute atomic E-state index is 0.590. The van der Waals surface area contributed by atoms with Crippen LogP contribution in [0.3, 0.4) is 0 Å². The number of aromatic nitrogens is 2. The number of hydrogen-bond acceptors (Lipinski definition) is 3. The minimum atomic E-state index is 0.590. The summed E-state index contributed by atoms with van der Waals surface area (Å²) >= 11 is 0. The van der Waals surface area contributed by atoms with Gasteiger partial charge in [-0.3, -0.25) is 0 Å². The molecule has 0 saturated carbocycles. The van der Waals surface area contributed by atoms with Crippen LogP contribution < -0.4 is 11.1 Å². The largest absolute Gasteiger partial charge is 0.328 e. The van der Waals surface area contributed by atoms with Gasteiger partial charge in [0, 0.05) is 25.8 Å². The third-order valence-corrected chi connectivity index (χ3v) is 2.03. The molecule has 60 valence electrons. The number of hydrogen-bond donors (Lipinski definition) is 2. The fraction of sp³-hybridized carbons (Fsp3) is 0.571. The van der Waals surface area contributed by atoms with Crippen LogP contribution in [0, 0.1) is 0 Å². The van der Waals surface area contributed by atoms with Crippen molar-refractivity contribution in [2.45, 2.75) is 19.6 Å². The van der Waals surface area contributed by atoms with Crippen molar-refractivity contribution in [1.29, 1.82) is 0 Å². The number of rotatable bonds is 1. The van der Waals surface area contributed by atoms with Gasteiger partial charge in [0.15, 0.2) is 0 Å². The van der Waals surface area contributed by atoms with Crippen molar-refractivity contribution in [3.8, 4) is 0 Å². The maximum absolute atomic E-state index is 5.54. The summed E-state index contributed by atoms with van der Waals surface area (Å²) in [5.74, 6) is 1.11. The van der Waals surface area contributed by atoms with E-state index in [2.05, 4.69) is 14.9 Å². The molecule has 0 fully saturated rings. The summed E-state index contributed by atoms with van der Waals surface area (Å²) in [7, 11) is 0. The van der Waals surface area contributed by atoms with Gasteiger partial charge in [-0.2, -0.15) is 0 Å². The number of fused-ring (bicyclic) bond motifs is 1. The van der Waals surface area contributed by atoms with Gasteiger partial charge in [-0.25, -0.2) is 4.98 Å². The smallest absolute Gasteiger partial charge is 0.122 e. The minimum Gasteiger partial charge on any atom is -0.328 e. The molecule has 2 rings (SSSR count). The van der Waals surface area contributed by atoms with Gasteiger partial charge in [-0.15, -0.1) is 0 Å². The van der Waals surface area contributed by atoms with Gasteiger partial charge in [0.2, 0.25) is 0 Å². The second-order valence-electron chi connectivity index (χ2n) is 2.70. The zero-order valence-corrected chi connectivity index (χ0v) is 6.38. The van der Waals surface area contributed by atoms with E-state index in [0.29, 0.717) is 6.54 Å². The molecule has 0 aliphatic carbocycles. The lowest BCUT2D eigenvalue weighted by molar-refractivity contribution is 0.494. The Morgan fingerprint density at radius 2 is 2.64 bits per heavy atom. The highest BCUT2D eigenvalue weighted by Crippen LogP contribution is 2.07. The predicted molar refractivity (Wildman–Crippen MR) is 41.8 cm³/mol. The first-order valence-corrected chi connectivity index (χ1v) is 3.86. The lowest BCUT2D eigenvalue weighted by Crippen LogP contribution is -2.29. The van der Waals surface area contributed by atoms with Gasteiger partial charge in [-0.05, 0) is 0 Å². The van der Waals surface area contributed by atoms with E-state index in [1.54, 1.807) is 0 Å². The average Bonchev–Trinajstić information content (AvgIpc) is 2.47. The summed E-state index contributed by atoms with van der Waals surface area (Å²) in [6.07, 6.45) is 1.86. The van der Waals surface area contributed by atoms with Crippen molar-refractivity contribution in [3.63, 3.8) is 0 Å². The quantitative estimate of drug-likeness (QED) is 0.567. The highest BCUT2D eigenvalue weighted by atomic mass is 15.2. The van der Waals surface area contributed by atoms with Crippen LogP contribution >= 0.6 is 0 Å². The molecule has 4 heteroatoms. The summed E-state index contributed by atoms with van der Waals surface area (Å²) in [6, 6.07) is 0. The van der Waals surface area contributed by atoms with E-state index in [4.69, 9.17) is 5.73 Å². The van der Waals surface area contributed by atoms with Crippen molar-refractivity contribution in [1.82, 2.24) is 14.9 Å². The highest BCUT2D eigenvalue weighted by Gasteiger charge is 2.11. The molecule has 4 nitrogen and oxygen atoms in total. The Hall–Kier alpha value is -0.870. The molecule has 0 saturated heterocycles. The van der Waals surface area contributed by atoms with Crippen molar-refractivity contribution in [2.24, 2.45) is 5.73 Å². The van der Waals surface area contributed by atoms with Crippen LogP contribution in [0.1, 0.15) is 11.5 Å². The topological polar surface area (TPSA) is 55.9 Å². The molecule has 1 aromatic rings. The van der Waals surface area contributed by atoms with Crippen LogP contribution in [-0.4, -0.2) is 16.1 Å². The van der Waals surface area contributed by atoms with E-state index >= 15 is 0 Å². The molecule has 1 aliphatic heterocycles. The van der Waals surface area contributed by atoms with Gasteiger partial charge in [0.05, 0.1) is 12.2 Å². The van der Waals surface area contributed by atoms with Crippen molar-refractivity contribution >= 4 is 0 Å². The van der Waals surface area contributed by atoms with Crippen LogP contribution in [0.2, 0.25) is 0 Å². The maximum atomic E-state index is 5.54. The summed E-state index contributed by atoms with van der Waals surface area (Å²) in [6.45, 7) is 3.49. The molecule has 0 amide bonds. The molecule has 1 aromatic heterocycles. The molecule has 0 aromatic carbocycles. The number of nitrogens with one attached hydrogen (secondary N) is 1. The fourth-order valence-electron chi connectivity index (χ4n) is 1.42. The summed E-state index contributed by atoms with van der Waals surface area (Å²) < 4.78 is 2.19. The number of nitrogens with zero attached hydrogens (tertiary/aromatic N) is 2. The molecule has 1 aliphatic rings. The average molecular weight is 152 g/mol. The molecule has 3 N–H and O–H groups in total. The first-order valence-electron chi connectivity index (χ1n) is 3.86. The van der Waals surface area contributed by atoms with E-state index in [0.717, 1.165) is 31.2 Å².